The molecule has 0 radical (unpaired) electrons. The highest BCUT2D eigenvalue weighted by Crippen LogP contribution is 2.42. The second-order valence-electron chi connectivity index (χ2n) is 11.9. The van der Waals surface area contributed by atoms with Crippen LogP contribution in [0.5, 0.6) is 23.0 Å². The number of allylic oxidation sites excluding steroid dienone is 2. The minimum absolute atomic E-state index is 0.309. The van der Waals surface area contributed by atoms with E-state index in [0.717, 1.165) is 26.0 Å². The number of aliphatic hydroxyl groups excluding tert-OH is 4. The molecule has 0 saturated carbocycles. The van der Waals surface area contributed by atoms with Gasteiger partial charge < -0.3 is 49.6 Å². The van der Waals surface area contributed by atoms with Crippen LogP contribution in [0.3, 0.4) is 0 Å². The fourth-order valence-electron chi connectivity index (χ4n) is 4.92. The van der Waals surface area contributed by atoms with Crippen molar-refractivity contribution in [2.45, 2.75) is 38.9 Å². The third-order valence-corrected chi connectivity index (χ3v) is 8.80. The Hall–Kier alpha value is -4.76. The Balaban J connectivity index is 2.86. The topological polar surface area (TPSA) is 227 Å². The Bertz CT molecular complexity index is 1450. The van der Waals surface area contributed by atoms with Gasteiger partial charge in [0.1, 0.15) is 16.2 Å². The molecule has 0 amide bonds. The number of aliphatic hydroxyl groups is 4. The monoisotopic (exact) mass is 688 g/mol. The number of carbonyl (C=O) groups excluding carboxylic acids is 2. The third kappa shape index (κ3) is 8.83. The molecule has 0 heterocycles. The zero-order valence-corrected chi connectivity index (χ0v) is 28.2. The lowest BCUT2D eigenvalue weighted by atomic mass is 9.64. The minimum atomic E-state index is -2.53. The first-order valence-electron chi connectivity index (χ1n) is 15.0. The van der Waals surface area contributed by atoms with Crippen molar-refractivity contribution in [3.05, 3.63) is 59.7 Å². The zero-order chi connectivity index (χ0) is 37.2. The number of methoxy groups -OCH3 is 4. The molecular formula is C35H44O14. The number of aliphatic carboxylic acids is 2. The molecule has 14 heteroatoms. The Morgan fingerprint density at radius 2 is 0.959 bits per heavy atom. The van der Waals surface area contributed by atoms with Gasteiger partial charge in [0.2, 0.25) is 0 Å². The summed E-state index contributed by atoms with van der Waals surface area (Å²) in [4.78, 5) is 53.0. The number of carbonyl (C=O) groups is 4. The second kappa shape index (κ2) is 17.1. The number of rotatable bonds is 20. The van der Waals surface area contributed by atoms with Crippen LogP contribution in [0, 0.1) is 16.2 Å². The average Bonchev–Trinajstić information content (AvgIpc) is 3.10. The molecule has 0 aliphatic carbocycles. The van der Waals surface area contributed by atoms with Crippen LogP contribution in [0.4, 0.5) is 0 Å². The van der Waals surface area contributed by atoms with E-state index in [1.165, 1.54) is 52.7 Å². The molecule has 4 unspecified atom stereocenters. The highest BCUT2D eigenvalue weighted by Gasteiger charge is 2.54. The van der Waals surface area contributed by atoms with Gasteiger partial charge in [-0.1, -0.05) is 24.3 Å². The molecule has 4 atom stereocenters. The highest BCUT2D eigenvalue weighted by atomic mass is 16.5. The maximum Gasteiger partial charge on any atom is 0.314 e. The van der Waals surface area contributed by atoms with Gasteiger partial charge in [-0.05, 0) is 74.2 Å². The van der Waals surface area contributed by atoms with Crippen molar-refractivity contribution in [2.75, 3.05) is 41.7 Å². The molecule has 0 fully saturated rings. The number of carboxylic acids is 2. The highest BCUT2D eigenvalue weighted by molar-refractivity contribution is 6.17. The van der Waals surface area contributed by atoms with Crippen LogP contribution >= 0.6 is 0 Å². The van der Waals surface area contributed by atoms with Crippen molar-refractivity contribution in [2.24, 2.45) is 16.2 Å². The molecule has 2 aromatic rings. The van der Waals surface area contributed by atoms with Gasteiger partial charge in [0, 0.05) is 0 Å². The molecule has 0 aromatic heterocycles. The van der Waals surface area contributed by atoms with Crippen LogP contribution < -0.4 is 18.9 Å². The van der Waals surface area contributed by atoms with Gasteiger partial charge in [0.25, 0.3) is 0 Å². The van der Waals surface area contributed by atoms with Crippen LogP contribution in [0.25, 0.3) is 12.2 Å². The number of benzene rings is 2. The van der Waals surface area contributed by atoms with Gasteiger partial charge in [-0.2, -0.15) is 0 Å². The summed E-state index contributed by atoms with van der Waals surface area (Å²) in [7, 11) is 5.65. The van der Waals surface area contributed by atoms with E-state index in [2.05, 4.69) is 0 Å². The average molecular weight is 689 g/mol. The molecule has 0 aliphatic rings. The predicted octanol–water partition coefficient (Wildman–Crippen LogP) is 2.24. The van der Waals surface area contributed by atoms with Crippen LogP contribution in [-0.4, -0.2) is 108 Å². The van der Waals surface area contributed by atoms with E-state index >= 15 is 0 Å². The molecule has 0 bridgehead atoms. The van der Waals surface area contributed by atoms with E-state index in [0.29, 0.717) is 34.1 Å². The molecule has 0 aliphatic heterocycles. The smallest absolute Gasteiger partial charge is 0.314 e. The first-order chi connectivity index (χ1) is 23.0. The Morgan fingerprint density at radius 3 is 1.22 bits per heavy atom. The summed E-state index contributed by atoms with van der Waals surface area (Å²) >= 11 is 0. The normalized spacial score (nSPS) is 15.6. The summed E-state index contributed by atoms with van der Waals surface area (Å²) in [6, 6.07) is 9.28. The first kappa shape index (κ1) is 40.4. The van der Waals surface area contributed by atoms with Crippen LogP contribution in [-0.2, 0) is 19.2 Å². The van der Waals surface area contributed by atoms with Gasteiger partial charge >= 0.3 is 11.9 Å². The van der Waals surface area contributed by atoms with Crippen LogP contribution in [0.2, 0.25) is 0 Å². The van der Waals surface area contributed by atoms with E-state index in [-0.39, 0.29) is 0 Å². The number of hydrogen-bond acceptors (Lipinski definition) is 12. The lowest BCUT2D eigenvalue weighted by Crippen LogP contribution is -2.53. The standard InChI is InChI=1S/C35H44O14/c1-33(19-36,31(42)43)29(40)17-35(18-30(41)34(2,20-37)32(44)45,27(38)13-9-21-7-11-23(46-3)25(15-21)48-5)28(39)14-10-22-8-12-24(47-4)26(16-22)49-6/h7-16,29-30,36-37,40-41H,17-20H2,1-6H3,(H,42,43)(H,44,45)/b13-9+,14-10+. The quantitative estimate of drug-likeness (QED) is 0.0867. The molecule has 0 spiro atoms. The van der Waals surface area contributed by atoms with E-state index in [1.807, 2.05) is 0 Å². The van der Waals surface area contributed by atoms with E-state index < -0.39 is 78.0 Å². The van der Waals surface area contributed by atoms with Crippen molar-refractivity contribution >= 4 is 35.7 Å². The molecular weight excluding hydrogens is 644 g/mol. The first-order valence-corrected chi connectivity index (χ1v) is 15.0. The van der Waals surface area contributed by atoms with Crippen molar-refractivity contribution in [1.29, 1.82) is 0 Å². The van der Waals surface area contributed by atoms with Crippen molar-refractivity contribution in [3.63, 3.8) is 0 Å². The van der Waals surface area contributed by atoms with Gasteiger partial charge in [-0.25, -0.2) is 0 Å². The molecule has 268 valence electrons. The zero-order valence-electron chi connectivity index (χ0n) is 28.2. The summed E-state index contributed by atoms with van der Waals surface area (Å²) in [6.45, 7) is -0.192. The molecule has 49 heavy (non-hydrogen) atoms. The molecule has 6 N–H and O–H groups in total. The molecule has 2 aromatic carbocycles. The minimum Gasteiger partial charge on any atom is -0.493 e. The largest absolute Gasteiger partial charge is 0.493 e. The van der Waals surface area contributed by atoms with Gasteiger partial charge in [-0.3, -0.25) is 19.2 Å². The van der Waals surface area contributed by atoms with Crippen LogP contribution in [0.1, 0.15) is 37.8 Å². The summed E-state index contributed by atoms with van der Waals surface area (Å²) in [6.07, 6.45) is -1.57. The van der Waals surface area contributed by atoms with Gasteiger partial charge in [-0.15, -0.1) is 0 Å². The molecule has 2 rings (SSSR count). The van der Waals surface area contributed by atoms with Crippen molar-refractivity contribution in [1.82, 2.24) is 0 Å². The van der Waals surface area contributed by atoms with Crippen molar-refractivity contribution < 1.29 is 68.8 Å². The molecule has 14 nitrogen and oxygen atoms in total. The lowest BCUT2D eigenvalue weighted by molar-refractivity contribution is -0.167. The van der Waals surface area contributed by atoms with Crippen molar-refractivity contribution in [3.8, 4) is 23.0 Å². The number of ether oxygens (including phenoxy) is 4. The fourth-order valence-corrected chi connectivity index (χ4v) is 4.92. The van der Waals surface area contributed by atoms with E-state index in [4.69, 9.17) is 18.9 Å². The van der Waals surface area contributed by atoms with E-state index in [9.17, 15) is 49.8 Å². The number of hydrogen-bond donors (Lipinski definition) is 6. The second-order valence-corrected chi connectivity index (χ2v) is 11.9. The SMILES string of the molecule is COc1ccc(/C=C/C(=O)C(CC(O)C(C)(CO)C(=O)O)(CC(O)C(C)(CO)C(=O)O)C(=O)/C=C/c2ccc(OC)c(OC)c2)cc1OC. The molecule has 0 saturated heterocycles. The number of ketones is 2. The summed E-state index contributed by atoms with van der Waals surface area (Å²) in [5.74, 6) is -4.00. The maximum atomic E-state index is 14.3. The lowest BCUT2D eigenvalue weighted by Gasteiger charge is -2.39. The van der Waals surface area contributed by atoms with Crippen LogP contribution in [0.15, 0.2) is 48.6 Å². The Labute approximate surface area is 283 Å². The van der Waals surface area contributed by atoms with E-state index in [1.54, 1.807) is 24.3 Å². The van der Waals surface area contributed by atoms with Gasteiger partial charge in [0.05, 0.1) is 53.9 Å². The Morgan fingerprint density at radius 1 is 0.633 bits per heavy atom. The fraction of sp³-hybridized carbons (Fsp3) is 0.429. The number of carboxylic acid groups (broad SMARTS) is 2. The maximum absolute atomic E-state index is 14.3. The summed E-state index contributed by atoms with van der Waals surface area (Å²) in [5.41, 5.74) is -6.32. The predicted molar refractivity (Wildman–Crippen MR) is 177 cm³/mol. The summed E-state index contributed by atoms with van der Waals surface area (Å²) < 4.78 is 21.0. The summed E-state index contributed by atoms with van der Waals surface area (Å²) in [5, 5.41) is 62.2. The Kier molecular flexibility index (Phi) is 14.1. The third-order valence-electron chi connectivity index (χ3n) is 8.80. The van der Waals surface area contributed by atoms with Gasteiger partial charge in [0.15, 0.2) is 34.6 Å².